The van der Waals surface area contributed by atoms with Crippen molar-refractivity contribution in [3.05, 3.63) is 47.4 Å². The monoisotopic (exact) mass is 435 g/mol. The first-order valence-electron chi connectivity index (χ1n) is 11.1. The van der Waals surface area contributed by atoms with Crippen molar-refractivity contribution in [3.8, 4) is 6.07 Å². The molecule has 1 saturated heterocycles. The Morgan fingerprint density at radius 2 is 2.12 bits per heavy atom. The van der Waals surface area contributed by atoms with E-state index in [1.165, 1.54) is 18.6 Å². The van der Waals surface area contributed by atoms with Crippen LogP contribution in [-0.2, 0) is 0 Å². The maximum Gasteiger partial charge on any atom is 0.163 e. The molecule has 2 aliphatic rings. The van der Waals surface area contributed by atoms with Crippen molar-refractivity contribution in [1.29, 1.82) is 5.26 Å². The van der Waals surface area contributed by atoms with Crippen LogP contribution in [0.5, 0.6) is 0 Å². The molecule has 5 rings (SSSR count). The second-order valence-corrected chi connectivity index (χ2v) is 8.66. The minimum absolute atomic E-state index is 0.142. The summed E-state index contributed by atoms with van der Waals surface area (Å²) >= 11 is 0. The molecule has 2 atom stereocenters. The number of halogens is 1. The Balaban J connectivity index is 1.48. The number of aliphatic hydroxyl groups is 1. The van der Waals surface area contributed by atoms with Crippen molar-refractivity contribution < 1.29 is 9.50 Å². The molecule has 3 heterocycles. The van der Waals surface area contributed by atoms with Gasteiger partial charge in [-0.3, -0.25) is 0 Å². The van der Waals surface area contributed by atoms with Gasteiger partial charge in [-0.15, -0.1) is 0 Å². The average Bonchev–Trinajstić information content (AvgIpc) is 3.15. The molecule has 0 amide bonds. The molecule has 3 aromatic rings. The predicted molar refractivity (Wildman–Crippen MR) is 119 cm³/mol. The van der Waals surface area contributed by atoms with Crippen LogP contribution in [-0.4, -0.2) is 45.4 Å². The molecule has 166 valence electrons. The third-order valence-electron chi connectivity index (χ3n) is 6.48. The fourth-order valence-electron chi connectivity index (χ4n) is 4.41. The van der Waals surface area contributed by atoms with Crippen LogP contribution < -0.4 is 16.0 Å². The van der Waals surface area contributed by atoms with Crippen molar-refractivity contribution in [2.75, 3.05) is 30.3 Å². The highest BCUT2D eigenvalue weighted by Crippen LogP contribution is 2.38. The van der Waals surface area contributed by atoms with Crippen molar-refractivity contribution in [2.24, 2.45) is 5.92 Å². The Bertz CT molecular complexity index is 1170. The number of hydrogen-bond donors (Lipinski definition) is 4. The van der Waals surface area contributed by atoms with Gasteiger partial charge in [-0.1, -0.05) is 6.42 Å². The number of nitrogens with zero attached hydrogens (tertiary/aromatic N) is 4. The van der Waals surface area contributed by atoms with E-state index in [0.717, 1.165) is 37.0 Å². The third kappa shape index (κ3) is 4.11. The Kier molecular flexibility index (Phi) is 5.64. The van der Waals surface area contributed by atoms with Crippen molar-refractivity contribution in [1.82, 2.24) is 19.9 Å². The van der Waals surface area contributed by atoms with Crippen LogP contribution in [0.25, 0.3) is 5.65 Å². The van der Waals surface area contributed by atoms with Gasteiger partial charge in [0, 0.05) is 36.3 Å². The summed E-state index contributed by atoms with van der Waals surface area (Å²) in [6.07, 6.45) is 5.82. The fraction of sp³-hybridized carbons (Fsp3) is 0.435. The molecule has 0 bridgehead atoms. The number of fused-ring (bicyclic) bond motifs is 1. The van der Waals surface area contributed by atoms with Gasteiger partial charge >= 0.3 is 0 Å². The quantitative estimate of drug-likeness (QED) is 0.471. The largest absolute Gasteiger partial charge is 0.391 e. The van der Waals surface area contributed by atoms with Crippen LogP contribution in [0.15, 0.2) is 30.5 Å². The number of β-amino-alcohol motifs (C(OH)–C–C–N with tert-alkyl or cyclic N) is 1. The lowest BCUT2D eigenvalue weighted by molar-refractivity contribution is 0.0883. The van der Waals surface area contributed by atoms with Gasteiger partial charge in [0.15, 0.2) is 5.65 Å². The molecule has 0 unspecified atom stereocenters. The summed E-state index contributed by atoms with van der Waals surface area (Å²) in [6.45, 7) is 2.09. The lowest BCUT2D eigenvalue weighted by Gasteiger charge is -2.28. The zero-order valence-corrected chi connectivity index (χ0v) is 17.7. The van der Waals surface area contributed by atoms with Gasteiger partial charge in [-0.2, -0.15) is 14.9 Å². The van der Waals surface area contributed by atoms with E-state index in [4.69, 9.17) is 4.98 Å². The summed E-state index contributed by atoms with van der Waals surface area (Å²) in [4.78, 5) is 4.83. The minimum atomic E-state index is -0.481. The molecule has 0 radical (unpaired) electrons. The number of rotatable bonds is 6. The maximum atomic E-state index is 14.0. The molecule has 9 heteroatoms. The van der Waals surface area contributed by atoms with E-state index < -0.39 is 11.9 Å². The van der Waals surface area contributed by atoms with E-state index in [0.29, 0.717) is 36.3 Å². The lowest BCUT2D eigenvalue weighted by Crippen LogP contribution is -2.43. The van der Waals surface area contributed by atoms with Gasteiger partial charge in [0.05, 0.1) is 23.9 Å². The molecule has 2 fully saturated rings. The number of nitrogens with one attached hydrogen (secondary N) is 3. The van der Waals surface area contributed by atoms with Crippen LogP contribution in [0.3, 0.4) is 0 Å². The first-order valence-corrected chi connectivity index (χ1v) is 11.1. The maximum absolute atomic E-state index is 14.0. The highest BCUT2D eigenvalue weighted by Gasteiger charge is 2.26. The molecular formula is C23H26FN7O. The number of benzene rings is 1. The SMILES string of the molecule is N#Cc1cc(F)cc(Nc2cc(NC[C@H]3CCNC[C@@H]3O)nc3c(C4CCC4)cnn23)c1. The molecule has 1 aliphatic carbocycles. The van der Waals surface area contributed by atoms with E-state index in [2.05, 4.69) is 21.0 Å². The first-order chi connectivity index (χ1) is 15.6. The Labute approximate surface area is 185 Å². The second-order valence-electron chi connectivity index (χ2n) is 8.66. The topological polar surface area (TPSA) is 110 Å². The summed E-state index contributed by atoms with van der Waals surface area (Å²) in [5.41, 5.74) is 2.59. The van der Waals surface area contributed by atoms with Gasteiger partial charge < -0.3 is 21.1 Å². The smallest absolute Gasteiger partial charge is 0.163 e. The van der Waals surface area contributed by atoms with Crippen LogP contribution in [0.4, 0.5) is 21.7 Å². The van der Waals surface area contributed by atoms with Crippen LogP contribution in [0, 0.1) is 23.1 Å². The number of anilines is 3. The van der Waals surface area contributed by atoms with E-state index >= 15 is 0 Å². The predicted octanol–water partition coefficient (Wildman–Crippen LogP) is 3.13. The molecule has 0 spiro atoms. The van der Waals surface area contributed by atoms with E-state index in [1.807, 2.05) is 18.3 Å². The van der Waals surface area contributed by atoms with Gasteiger partial charge in [-0.25, -0.2) is 9.37 Å². The first kappa shape index (κ1) is 20.7. The molecule has 1 aromatic carbocycles. The lowest BCUT2D eigenvalue weighted by atomic mass is 9.81. The normalized spacial score (nSPS) is 21.2. The van der Waals surface area contributed by atoms with Gasteiger partial charge in [0.2, 0.25) is 0 Å². The minimum Gasteiger partial charge on any atom is -0.391 e. The Hall–Kier alpha value is -3.22. The molecule has 1 aliphatic heterocycles. The number of piperidine rings is 1. The van der Waals surface area contributed by atoms with Crippen molar-refractivity contribution in [2.45, 2.75) is 37.7 Å². The average molecular weight is 436 g/mol. The zero-order chi connectivity index (χ0) is 22.1. The Morgan fingerprint density at radius 3 is 2.88 bits per heavy atom. The molecule has 4 N–H and O–H groups in total. The van der Waals surface area contributed by atoms with E-state index in [1.54, 1.807) is 10.6 Å². The van der Waals surface area contributed by atoms with E-state index in [9.17, 15) is 14.8 Å². The number of aliphatic hydroxyl groups excluding tert-OH is 1. The summed E-state index contributed by atoms with van der Waals surface area (Å²) in [6, 6.07) is 7.96. The van der Waals surface area contributed by atoms with Gasteiger partial charge in [-0.05, 0) is 49.9 Å². The molecule has 2 aromatic heterocycles. The summed E-state index contributed by atoms with van der Waals surface area (Å²) in [7, 11) is 0. The van der Waals surface area contributed by atoms with Gasteiger partial charge in [0.25, 0.3) is 0 Å². The van der Waals surface area contributed by atoms with Crippen LogP contribution in [0.2, 0.25) is 0 Å². The van der Waals surface area contributed by atoms with E-state index in [-0.39, 0.29) is 11.5 Å². The molecule has 32 heavy (non-hydrogen) atoms. The molecule has 1 saturated carbocycles. The van der Waals surface area contributed by atoms with Crippen molar-refractivity contribution in [3.63, 3.8) is 0 Å². The number of nitriles is 1. The fourth-order valence-corrected chi connectivity index (χ4v) is 4.41. The van der Waals surface area contributed by atoms with Crippen LogP contribution >= 0.6 is 0 Å². The number of aromatic nitrogens is 3. The number of hydrogen-bond acceptors (Lipinski definition) is 7. The standard InChI is InChI=1S/C23H26FN7O/c24-17-6-14(10-25)7-18(8-17)29-22-9-21(27-11-16-4-5-26-13-20(16)32)30-23-19(12-28-31(22)23)15-2-1-3-15/h6-9,12,15-16,20,26,29,32H,1-5,11,13H2,(H,27,30)/t16-,20+/m1/s1. The zero-order valence-electron chi connectivity index (χ0n) is 17.7. The highest BCUT2D eigenvalue weighted by molar-refractivity contribution is 5.66. The third-order valence-corrected chi connectivity index (χ3v) is 6.48. The summed E-state index contributed by atoms with van der Waals surface area (Å²) in [5, 5.41) is 33.8. The second kappa shape index (κ2) is 8.73. The van der Waals surface area contributed by atoms with Crippen molar-refractivity contribution >= 4 is 23.0 Å². The summed E-state index contributed by atoms with van der Waals surface area (Å²) in [5.74, 6) is 1.41. The molecular weight excluding hydrogens is 409 g/mol. The summed E-state index contributed by atoms with van der Waals surface area (Å²) < 4.78 is 15.7. The highest BCUT2D eigenvalue weighted by atomic mass is 19.1. The van der Waals surface area contributed by atoms with Crippen LogP contribution in [0.1, 0.15) is 42.7 Å². The Morgan fingerprint density at radius 1 is 1.25 bits per heavy atom. The molecule has 8 nitrogen and oxygen atoms in total. The van der Waals surface area contributed by atoms with Gasteiger partial charge in [0.1, 0.15) is 17.5 Å².